The second-order valence-corrected chi connectivity index (χ2v) is 6.47. The van der Waals surface area contributed by atoms with Gasteiger partial charge in [-0.25, -0.2) is 4.98 Å². The third kappa shape index (κ3) is 3.33. The van der Waals surface area contributed by atoms with Gasteiger partial charge in [0.05, 0.1) is 17.1 Å². The fourth-order valence-electron chi connectivity index (χ4n) is 1.72. The highest BCUT2D eigenvalue weighted by molar-refractivity contribution is 9.10. The number of amides is 1. The number of aryl methyl sites for hydroxylation is 1. The Kier molecular flexibility index (Phi) is 4.21. The number of nitrogens with zero attached hydrogens (tertiary/aromatic N) is 2. The molecule has 0 aliphatic heterocycles. The zero-order valence-electron chi connectivity index (χ0n) is 10.7. The Hall–Kier alpha value is -1.40. The van der Waals surface area contributed by atoms with Gasteiger partial charge in [0.15, 0.2) is 0 Å². The van der Waals surface area contributed by atoms with E-state index in [1.165, 1.54) is 0 Å². The number of thiazole rings is 1. The number of rotatable bonds is 3. The van der Waals surface area contributed by atoms with Crippen LogP contribution in [0.4, 0.5) is 5.69 Å². The van der Waals surface area contributed by atoms with E-state index in [9.17, 15) is 4.79 Å². The monoisotopic (exact) mass is 339 g/mol. The Morgan fingerprint density at radius 3 is 2.84 bits per heavy atom. The van der Waals surface area contributed by atoms with Crippen LogP contribution in [0.5, 0.6) is 0 Å². The van der Waals surface area contributed by atoms with E-state index in [0.717, 1.165) is 14.4 Å². The molecule has 0 spiro atoms. The Bertz CT molecular complexity index is 612. The molecule has 0 radical (unpaired) electrons. The van der Waals surface area contributed by atoms with Crippen molar-refractivity contribution in [1.82, 2.24) is 9.88 Å². The summed E-state index contributed by atoms with van der Waals surface area (Å²) in [6.45, 7) is 2.49. The largest absolute Gasteiger partial charge is 0.398 e. The van der Waals surface area contributed by atoms with Crippen molar-refractivity contribution in [2.75, 3.05) is 12.8 Å². The van der Waals surface area contributed by atoms with Crippen LogP contribution in [0.1, 0.15) is 20.2 Å². The van der Waals surface area contributed by atoms with Gasteiger partial charge < -0.3 is 10.6 Å². The molecule has 1 aromatic carbocycles. The third-order valence-electron chi connectivity index (χ3n) is 2.65. The van der Waals surface area contributed by atoms with Gasteiger partial charge in [0, 0.05) is 28.3 Å². The summed E-state index contributed by atoms with van der Waals surface area (Å²) in [6, 6.07) is 5.28. The van der Waals surface area contributed by atoms with Crippen LogP contribution in [0.3, 0.4) is 0 Å². The van der Waals surface area contributed by atoms with E-state index in [4.69, 9.17) is 5.73 Å². The molecule has 0 aliphatic rings. The van der Waals surface area contributed by atoms with Gasteiger partial charge in [-0.2, -0.15) is 0 Å². The minimum Gasteiger partial charge on any atom is -0.398 e. The molecule has 2 aromatic rings. The third-order valence-corrected chi connectivity index (χ3v) is 4.04. The first-order valence-electron chi connectivity index (χ1n) is 5.69. The van der Waals surface area contributed by atoms with Crippen LogP contribution in [0.25, 0.3) is 0 Å². The molecule has 0 saturated heterocycles. The maximum Gasteiger partial charge on any atom is 0.256 e. The van der Waals surface area contributed by atoms with Gasteiger partial charge in [0.25, 0.3) is 5.91 Å². The van der Waals surface area contributed by atoms with Gasteiger partial charge in [0.1, 0.15) is 0 Å². The van der Waals surface area contributed by atoms with Crippen molar-refractivity contribution < 1.29 is 4.79 Å². The van der Waals surface area contributed by atoms with Crippen molar-refractivity contribution in [1.29, 1.82) is 0 Å². The number of carbonyl (C=O) groups is 1. The van der Waals surface area contributed by atoms with Crippen molar-refractivity contribution in [2.24, 2.45) is 0 Å². The molecule has 2 N–H and O–H groups in total. The predicted molar refractivity (Wildman–Crippen MR) is 81.2 cm³/mol. The van der Waals surface area contributed by atoms with Gasteiger partial charge >= 0.3 is 0 Å². The quantitative estimate of drug-likeness (QED) is 0.874. The molecule has 19 heavy (non-hydrogen) atoms. The fraction of sp³-hybridized carbons (Fsp3) is 0.231. The van der Waals surface area contributed by atoms with E-state index >= 15 is 0 Å². The number of nitrogen functional groups attached to an aromatic ring is 1. The highest BCUT2D eigenvalue weighted by Crippen LogP contribution is 2.21. The second-order valence-electron chi connectivity index (χ2n) is 4.24. The van der Waals surface area contributed by atoms with Crippen molar-refractivity contribution in [2.45, 2.75) is 13.5 Å². The van der Waals surface area contributed by atoms with E-state index in [1.54, 1.807) is 41.6 Å². The lowest BCUT2D eigenvalue weighted by Crippen LogP contribution is -2.26. The van der Waals surface area contributed by atoms with Gasteiger partial charge in [0.2, 0.25) is 0 Å². The number of carbonyl (C=O) groups excluding carboxylic acids is 1. The molecule has 0 saturated carbocycles. The average Bonchev–Trinajstić information content (AvgIpc) is 2.74. The molecule has 1 heterocycles. The molecule has 0 bridgehead atoms. The number of benzene rings is 1. The van der Waals surface area contributed by atoms with Crippen molar-refractivity contribution in [3.8, 4) is 0 Å². The summed E-state index contributed by atoms with van der Waals surface area (Å²) in [5.74, 6) is -0.0870. The lowest BCUT2D eigenvalue weighted by molar-refractivity contribution is 0.0787. The summed E-state index contributed by atoms with van der Waals surface area (Å²) >= 11 is 4.92. The molecular formula is C13H14BrN3OS. The molecule has 0 fully saturated rings. The highest BCUT2D eigenvalue weighted by atomic mass is 79.9. The lowest BCUT2D eigenvalue weighted by Gasteiger charge is -2.17. The van der Waals surface area contributed by atoms with Crippen LogP contribution in [0.15, 0.2) is 28.9 Å². The van der Waals surface area contributed by atoms with Crippen LogP contribution in [-0.2, 0) is 6.54 Å². The van der Waals surface area contributed by atoms with Crippen LogP contribution < -0.4 is 5.73 Å². The molecular weight excluding hydrogens is 326 g/mol. The van der Waals surface area contributed by atoms with Gasteiger partial charge in [-0.1, -0.05) is 15.9 Å². The molecule has 4 nitrogen and oxygen atoms in total. The summed E-state index contributed by atoms with van der Waals surface area (Å²) in [5.41, 5.74) is 6.87. The molecule has 1 amide bonds. The van der Waals surface area contributed by atoms with Crippen LogP contribution in [0, 0.1) is 6.92 Å². The highest BCUT2D eigenvalue weighted by Gasteiger charge is 2.15. The SMILES string of the molecule is Cc1ncc(CN(C)C(=O)c2ccc(Br)cc2N)s1. The Labute approximate surface area is 124 Å². The molecule has 0 unspecified atom stereocenters. The van der Waals surface area contributed by atoms with Crippen molar-refractivity contribution in [3.63, 3.8) is 0 Å². The van der Waals surface area contributed by atoms with Crippen molar-refractivity contribution in [3.05, 3.63) is 44.3 Å². The summed E-state index contributed by atoms with van der Waals surface area (Å²) in [6.07, 6.45) is 1.80. The number of aromatic nitrogens is 1. The number of halogens is 1. The maximum absolute atomic E-state index is 12.3. The van der Waals surface area contributed by atoms with Gasteiger partial charge in [-0.3, -0.25) is 4.79 Å². The number of anilines is 1. The Balaban J connectivity index is 2.14. The van der Waals surface area contributed by atoms with Crippen LogP contribution in [0.2, 0.25) is 0 Å². The van der Waals surface area contributed by atoms with E-state index in [2.05, 4.69) is 20.9 Å². The zero-order chi connectivity index (χ0) is 14.0. The standard InChI is InChI=1S/C13H14BrN3OS/c1-8-16-6-10(19-8)7-17(2)13(18)11-4-3-9(14)5-12(11)15/h3-6H,7,15H2,1-2H3. The molecule has 2 rings (SSSR count). The fourth-order valence-corrected chi connectivity index (χ4v) is 2.95. The number of nitrogens with two attached hydrogens (primary N) is 1. The molecule has 6 heteroatoms. The second kappa shape index (κ2) is 5.71. The van der Waals surface area contributed by atoms with Gasteiger partial charge in [-0.15, -0.1) is 11.3 Å². The first kappa shape index (κ1) is 14.0. The van der Waals surface area contributed by atoms with E-state index < -0.39 is 0 Å². The Morgan fingerprint density at radius 2 is 2.26 bits per heavy atom. The summed E-state index contributed by atoms with van der Waals surface area (Å²) in [5, 5.41) is 0.999. The van der Waals surface area contributed by atoms with E-state index in [1.807, 2.05) is 13.0 Å². The maximum atomic E-state index is 12.3. The van der Waals surface area contributed by atoms with Gasteiger partial charge in [-0.05, 0) is 25.1 Å². The number of hydrogen-bond acceptors (Lipinski definition) is 4. The smallest absolute Gasteiger partial charge is 0.256 e. The Morgan fingerprint density at radius 1 is 1.53 bits per heavy atom. The summed E-state index contributed by atoms with van der Waals surface area (Å²) in [4.78, 5) is 19.2. The number of hydrogen-bond donors (Lipinski definition) is 1. The normalized spacial score (nSPS) is 10.5. The topological polar surface area (TPSA) is 59.2 Å². The van der Waals surface area contributed by atoms with E-state index in [-0.39, 0.29) is 5.91 Å². The molecule has 1 aromatic heterocycles. The first-order chi connectivity index (χ1) is 8.97. The molecule has 0 aliphatic carbocycles. The minimum absolute atomic E-state index is 0.0870. The lowest BCUT2D eigenvalue weighted by atomic mass is 10.1. The predicted octanol–water partition coefficient (Wildman–Crippen LogP) is 3.07. The zero-order valence-corrected chi connectivity index (χ0v) is 13.1. The van der Waals surface area contributed by atoms with Crippen LogP contribution >= 0.6 is 27.3 Å². The van der Waals surface area contributed by atoms with Crippen molar-refractivity contribution >= 4 is 38.9 Å². The molecule has 0 atom stereocenters. The van der Waals surface area contributed by atoms with E-state index in [0.29, 0.717) is 17.8 Å². The minimum atomic E-state index is -0.0870. The summed E-state index contributed by atoms with van der Waals surface area (Å²) in [7, 11) is 1.76. The molecule has 100 valence electrons. The summed E-state index contributed by atoms with van der Waals surface area (Å²) < 4.78 is 0.863. The van der Waals surface area contributed by atoms with Crippen LogP contribution in [-0.4, -0.2) is 22.8 Å². The first-order valence-corrected chi connectivity index (χ1v) is 7.30. The average molecular weight is 340 g/mol.